The van der Waals surface area contributed by atoms with Gasteiger partial charge >= 0.3 is 0 Å². The molecule has 0 bridgehead atoms. The van der Waals surface area contributed by atoms with Gasteiger partial charge in [-0.2, -0.15) is 5.10 Å². The standard InChI is InChI=1S/C19H16N2O3/c22-16-8-3-5-14(11-16)12-20-21-19(23)13-24-18-10-4-7-15-6-1-2-9-17(15)18/h1-12,22H,13H2,(H,21,23)/b20-12+. The number of hydrogen-bond acceptors (Lipinski definition) is 4. The van der Waals surface area contributed by atoms with Crippen LogP contribution in [-0.4, -0.2) is 23.8 Å². The molecule has 0 spiro atoms. The van der Waals surface area contributed by atoms with Gasteiger partial charge in [-0.05, 0) is 29.1 Å². The molecule has 0 atom stereocenters. The smallest absolute Gasteiger partial charge is 0.277 e. The van der Waals surface area contributed by atoms with Crippen LogP contribution in [0.2, 0.25) is 0 Å². The first kappa shape index (κ1) is 15.6. The molecule has 2 N–H and O–H groups in total. The largest absolute Gasteiger partial charge is 0.508 e. The van der Waals surface area contributed by atoms with Gasteiger partial charge in [0.25, 0.3) is 5.91 Å². The number of phenolic OH excluding ortho intramolecular Hbond substituents is 1. The quantitative estimate of drug-likeness (QED) is 0.560. The van der Waals surface area contributed by atoms with Crippen LogP contribution in [0.4, 0.5) is 0 Å². The van der Waals surface area contributed by atoms with Gasteiger partial charge in [0.05, 0.1) is 6.21 Å². The van der Waals surface area contributed by atoms with E-state index < -0.39 is 0 Å². The molecular formula is C19H16N2O3. The van der Waals surface area contributed by atoms with E-state index in [0.29, 0.717) is 11.3 Å². The summed E-state index contributed by atoms with van der Waals surface area (Å²) in [5, 5.41) is 15.2. The van der Waals surface area contributed by atoms with Crippen LogP contribution in [0.3, 0.4) is 0 Å². The number of amides is 1. The van der Waals surface area contributed by atoms with E-state index in [9.17, 15) is 9.90 Å². The third kappa shape index (κ3) is 3.89. The number of hydrogen-bond donors (Lipinski definition) is 2. The van der Waals surface area contributed by atoms with Gasteiger partial charge in [-0.15, -0.1) is 0 Å². The molecule has 3 rings (SSSR count). The number of fused-ring (bicyclic) bond motifs is 1. The van der Waals surface area contributed by atoms with Crippen molar-refractivity contribution in [3.63, 3.8) is 0 Å². The second-order valence-electron chi connectivity index (χ2n) is 5.15. The highest BCUT2D eigenvalue weighted by atomic mass is 16.5. The lowest BCUT2D eigenvalue weighted by molar-refractivity contribution is -0.123. The Morgan fingerprint density at radius 2 is 1.88 bits per heavy atom. The Balaban J connectivity index is 1.57. The number of hydrazone groups is 1. The summed E-state index contributed by atoms with van der Waals surface area (Å²) >= 11 is 0. The number of phenols is 1. The van der Waals surface area contributed by atoms with Crippen LogP contribution in [0.25, 0.3) is 10.8 Å². The summed E-state index contributed by atoms with van der Waals surface area (Å²) in [6.07, 6.45) is 1.45. The minimum absolute atomic E-state index is 0.134. The van der Waals surface area contributed by atoms with Gasteiger partial charge in [0.1, 0.15) is 11.5 Å². The molecule has 0 unspecified atom stereocenters. The zero-order chi connectivity index (χ0) is 16.8. The predicted molar refractivity (Wildman–Crippen MR) is 93.3 cm³/mol. The zero-order valence-corrected chi connectivity index (χ0v) is 12.8. The van der Waals surface area contributed by atoms with Crippen LogP contribution in [0.15, 0.2) is 71.8 Å². The zero-order valence-electron chi connectivity index (χ0n) is 12.8. The van der Waals surface area contributed by atoms with E-state index in [1.807, 2.05) is 42.5 Å². The first-order chi connectivity index (χ1) is 11.7. The summed E-state index contributed by atoms with van der Waals surface area (Å²) in [7, 11) is 0. The van der Waals surface area contributed by atoms with Crippen LogP contribution < -0.4 is 10.2 Å². The first-order valence-corrected chi connectivity index (χ1v) is 7.44. The Labute approximate surface area is 139 Å². The summed E-state index contributed by atoms with van der Waals surface area (Å²) in [6.45, 7) is -0.134. The van der Waals surface area contributed by atoms with E-state index in [-0.39, 0.29) is 18.3 Å². The van der Waals surface area contributed by atoms with Gasteiger partial charge in [0.2, 0.25) is 0 Å². The summed E-state index contributed by atoms with van der Waals surface area (Å²) in [6, 6.07) is 20.1. The summed E-state index contributed by atoms with van der Waals surface area (Å²) in [4.78, 5) is 11.8. The van der Waals surface area contributed by atoms with Gasteiger partial charge in [0, 0.05) is 5.39 Å². The van der Waals surface area contributed by atoms with Crippen molar-refractivity contribution in [2.24, 2.45) is 5.10 Å². The molecule has 0 heterocycles. The van der Waals surface area contributed by atoms with Crippen molar-refractivity contribution < 1.29 is 14.6 Å². The fraction of sp³-hybridized carbons (Fsp3) is 0.0526. The van der Waals surface area contributed by atoms with Crippen LogP contribution in [0.1, 0.15) is 5.56 Å². The summed E-state index contributed by atoms with van der Waals surface area (Å²) in [5.74, 6) is 0.434. The first-order valence-electron chi connectivity index (χ1n) is 7.44. The summed E-state index contributed by atoms with van der Waals surface area (Å²) < 4.78 is 5.58. The Morgan fingerprint density at radius 1 is 1.08 bits per heavy atom. The third-order valence-electron chi connectivity index (χ3n) is 3.38. The van der Waals surface area contributed by atoms with Gasteiger partial charge in [-0.1, -0.05) is 48.5 Å². The monoisotopic (exact) mass is 320 g/mol. The number of aromatic hydroxyl groups is 1. The van der Waals surface area contributed by atoms with E-state index in [0.717, 1.165) is 10.8 Å². The third-order valence-corrected chi connectivity index (χ3v) is 3.38. The molecule has 0 aliphatic rings. The number of nitrogens with one attached hydrogen (secondary N) is 1. The Morgan fingerprint density at radius 3 is 2.75 bits per heavy atom. The van der Waals surface area contributed by atoms with Crippen LogP contribution in [0, 0.1) is 0 Å². The van der Waals surface area contributed by atoms with Crippen LogP contribution in [-0.2, 0) is 4.79 Å². The van der Waals surface area contributed by atoms with Crippen molar-refractivity contribution in [3.05, 3.63) is 72.3 Å². The van der Waals surface area contributed by atoms with E-state index >= 15 is 0 Å². The topological polar surface area (TPSA) is 70.9 Å². The molecular weight excluding hydrogens is 304 g/mol. The van der Waals surface area contributed by atoms with E-state index in [2.05, 4.69) is 10.5 Å². The predicted octanol–water partition coefficient (Wildman–Crippen LogP) is 3.07. The van der Waals surface area contributed by atoms with E-state index in [1.54, 1.807) is 24.3 Å². The van der Waals surface area contributed by atoms with E-state index in [4.69, 9.17) is 4.74 Å². The average molecular weight is 320 g/mol. The summed E-state index contributed by atoms with van der Waals surface area (Å²) in [5.41, 5.74) is 3.08. The second kappa shape index (κ2) is 7.28. The lowest BCUT2D eigenvalue weighted by Crippen LogP contribution is -2.24. The van der Waals surface area contributed by atoms with E-state index in [1.165, 1.54) is 6.21 Å². The van der Waals surface area contributed by atoms with Gasteiger partial charge in [0.15, 0.2) is 6.61 Å². The highest BCUT2D eigenvalue weighted by Gasteiger charge is 2.04. The Hall–Kier alpha value is -3.34. The molecule has 3 aromatic carbocycles. The van der Waals surface area contributed by atoms with Crippen LogP contribution in [0.5, 0.6) is 11.5 Å². The highest BCUT2D eigenvalue weighted by molar-refractivity contribution is 5.89. The molecule has 1 amide bonds. The fourth-order valence-corrected chi connectivity index (χ4v) is 2.28. The fourth-order valence-electron chi connectivity index (χ4n) is 2.28. The molecule has 0 saturated carbocycles. The number of rotatable bonds is 5. The minimum atomic E-state index is -0.362. The van der Waals surface area contributed by atoms with Crippen molar-refractivity contribution in [2.45, 2.75) is 0 Å². The maximum absolute atomic E-state index is 11.8. The second-order valence-corrected chi connectivity index (χ2v) is 5.15. The number of nitrogens with zero attached hydrogens (tertiary/aromatic N) is 1. The lowest BCUT2D eigenvalue weighted by atomic mass is 10.1. The molecule has 0 aliphatic heterocycles. The molecule has 3 aromatic rings. The number of carbonyl (C=O) groups excluding carboxylic acids is 1. The number of carbonyl (C=O) groups is 1. The average Bonchev–Trinajstić information content (AvgIpc) is 2.60. The van der Waals surface area contributed by atoms with Gasteiger partial charge in [-0.25, -0.2) is 5.43 Å². The maximum Gasteiger partial charge on any atom is 0.277 e. The van der Waals surface area contributed by atoms with Crippen molar-refractivity contribution in [2.75, 3.05) is 6.61 Å². The SMILES string of the molecule is O=C(COc1cccc2ccccc12)N/N=C/c1cccc(O)c1. The normalized spacial score (nSPS) is 10.8. The highest BCUT2D eigenvalue weighted by Crippen LogP contribution is 2.24. The molecule has 5 nitrogen and oxygen atoms in total. The van der Waals surface area contributed by atoms with Gasteiger partial charge < -0.3 is 9.84 Å². The number of ether oxygens (including phenoxy) is 1. The molecule has 24 heavy (non-hydrogen) atoms. The van der Waals surface area contributed by atoms with Crippen molar-refractivity contribution in [1.29, 1.82) is 0 Å². The Bertz CT molecular complexity index is 885. The molecule has 0 aromatic heterocycles. The van der Waals surface area contributed by atoms with Gasteiger partial charge in [-0.3, -0.25) is 4.79 Å². The molecule has 0 aliphatic carbocycles. The minimum Gasteiger partial charge on any atom is -0.508 e. The molecule has 0 saturated heterocycles. The molecule has 0 fully saturated rings. The molecule has 5 heteroatoms. The molecule has 120 valence electrons. The van der Waals surface area contributed by atoms with Crippen LogP contribution >= 0.6 is 0 Å². The lowest BCUT2D eigenvalue weighted by Gasteiger charge is -2.08. The van der Waals surface area contributed by atoms with Crippen molar-refractivity contribution in [3.8, 4) is 11.5 Å². The number of benzene rings is 3. The van der Waals surface area contributed by atoms with Crippen molar-refractivity contribution >= 4 is 22.9 Å². The Kier molecular flexibility index (Phi) is 4.72. The maximum atomic E-state index is 11.8. The van der Waals surface area contributed by atoms with Crippen molar-refractivity contribution in [1.82, 2.24) is 5.43 Å². The molecule has 0 radical (unpaired) electrons.